The summed E-state index contributed by atoms with van der Waals surface area (Å²) in [4.78, 5) is 24.9. The first-order valence-corrected chi connectivity index (χ1v) is 8.50. The van der Waals surface area contributed by atoms with Gasteiger partial charge in [-0.25, -0.2) is 9.07 Å². The zero-order valence-corrected chi connectivity index (χ0v) is 15.3. The molecule has 0 fully saturated rings. The molecule has 0 saturated heterocycles. The van der Waals surface area contributed by atoms with Gasteiger partial charge in [-0.05, 0) is 49.4 Å². The average molecular weight is 383 g/mol. The summed E-state index contributed by atoms with van der Waals surface area (Å²) in [5, 5.41) is 6.68. The number of hydrogen-bond donors (Lipinski definition) is 1. The number of anilines is 1. The summed E-state index contributed by atoms with van der Waals surface area (Å²) in [7, 11) is 1.35. The van der Waals surface area contributed by atoms with Gasteiger partial charge in [0.05, 0.1) is 25.5 Å². The molecule has 0 spiro atoms. The van der Waals surface area contributed by atoms with Crippen LogP contribution in [0.5, 0.6) is 11.6 Å². The van der Waals surface area contributed by atoms with E-state index in [0.29, 0.717) is 23.7 Å². The highest BCUT2D eigenvalue weighted by molar-refractivity contribution is 6.02. The fourth-order valence-corrected chi connectivity index (χ4v) is 2.53. The SMILES string of the molecule is CCOc1ccc(NC(=O)c2nn(-c3cccc(F)c3)c(OC)cc2=O)cc1. The molecule has 0 aliphatic rings. The lowest BCUT2D eigenvalue weighted by Crippen LogP contribution is -2.26. The lowest BCUT2D eigenvalue weighted by molar-refractivity contribution is 0.101. The summed E-state index contributed by atoms with van der Waals surface area (Å²) >= 11 is 0. The van der Waals surface area contributed by atoms with E-state index >= 15 is 0 Å². The van der Waals surface area contributed by atoms with Crippen LogP contribution in [0, 0.1) is 5.82 Å². The highest BCUT2D eigenvalue weighted by Gasteiger charge is 2.17. The maximum Gasteiger partial charge on any atom is 0.280 e. The topological polar surface area (TPSA) is 82.4 Å². The molecule has 7 nitrogen and oxygen atoms in total. The number of carbonyl (C=O) groups excluding carboxylic acids is 1. The number of methoxy groups -OCH3 is 1. The van der Waals surface area contributed by atoms with Crippen LogP contribution in [0.1, 0.15) is 17.4 Å². The standard InChI is InChI=1S/C20H18FN3O4/c1-3-28-16-9-7-14(8-10-16)22-20(26)19-17(25)12-18(27-2)24(23-19)15-6-4-5-13(21)11-15/h4-12H,3H2,1-2H3,(H,22,26). The number of ether oxygens (including phenoxy) is 2. The van der Waals surface area contributed by atoms with Gasteiger partial charge < -0.3 is 14.8 Å². The molecule has 1 N–H and O–H groups in total. The van der Waals surface area contributed by atoms with Crippen molar-refractivity contribution in [2.24, 2.45) is 0 Å². The van der Waals surface area contributed by atoms with E-state index in [1.54, 1.807) is 30.3 Å². The summed E-state index contributed by atoms with van der Waals surface area (Å²) in [6.45, 7) is 2.40. The van der Waals surface area contributed by atoms with Crippen molar-refractivity contribution in [1.29, 1.82) is 0 Å². The van der Waals surface area contributed by atoms with Gasteiger partial charge in [-0.3, -0.25) is 9.59 Å². The van der Waals surface area contributed by atoms with Gasteiger partial charge in [-0.2, -0.15) is 5.10 Å². The van der Waals surface area contributed by atoms with Crippen molar-refractivity contribution in [3.63, 3.8) is 0 Å². The molecule has 1 aromatic heterocycles. The molecule has 3 aromatic rings. The predicted octanol–water partition coefficient (Wildman–Crippen LogP) is 3.03. The molecule has 0 aliphatic heterocycles. The quantitative estimate of drug-likeness (QED) is 0.708. The second kappa shape index (κ2) is 8.34. The Morgan fingerprint density at radius 2 is 1.93 bits per heavy atom. The second-order valence-corrected chi connectivity index (χ2v) is 5.70. The Morgan fingerprint density at radius 1 is 1.18 bits per heavy atom. The Kier molecular flexibility index (Phi) is 5.69. The summed E-state index contributed by atoms with van der Waals surface area (Å²) in [5.41, 5.74) is -0.179. The van der Waals surface area contributed by atoms with Crippen LogP contribution < -0.4 is 20.2 Å². The lowest BCUT2D eigenvalue weighted by atomic mass is 10.2. The van der Waals surface area contributed by atoms with Crippen LogP contribution in [-0.2, 0) is 0 Å². The largest absolute Gasteiger partial charge is 0.494 e. The first-order chi connectivity index (χ1) is 13.5. The number of nitrogens with zero attached hydrogens (tertiary/aromatic N) is 2. The van der Waals surface area contributed by atoms with Gasteiger partial charge in [0.1, 0.15) is 11.6 Å². The summed E-state index contributed by atoms with van der Waals surface area (Å²) in [6.07, 6.45) is 0. The number of aromatic nitrogens is 2. The molecule has 144 valence electrons. The van der Waals surface area contributed by atoms with Gasteiger partial charge >= 0.3 is 0 Å². The van der Waals surface area contributed by atoms with Crippen LogP contribution in [0.2, 0.25) is 0 Å². The first-order valence-electron chi connectivity index (χ1n) is 8.50. The smallest absolute Gasteiger partial charge is 0.280 e. The van der Waals surface area contributed by atoms with Crippen molar-refractivity contribution in [3.05, 3.63) is 76.3 Å². The minimum absolute atomic E-state index is 0.0771. The van der Waals surface area contributed by atoms with Crippen LogP contribution >= 0.6 is 0 Å². The highest BCUT2D eigenvalue weighted by Crippen LogP contribution is 2.18. The van der Waals surface area contributed by atoms with Crippen LogP contribution in [0.4, 0.5) is 10.1 Å². The van der Waals surface area contributed by atoms with E-state index < -0.39 is 17.2 Å². The molecular weight excluding hydrogens is 365 g/mol. The van der Waals surface area contributed by atoms with Crippen molar-refractivity contribution >= 4 is 11.6 Å². The number of hydrogen-bond acceptors (Lipinski definition) is 5. The maximum atomic E-state index is 13.6. The van der Waals surface area contributed by atoms with Crippen molar-refractivity contribution < 1.29 is 18.7 Å². The molecule has 0 unspecified atom stereocenters. The molecule has 0 atom stereocenters. The number of rotatable bonds is 6. The van der Waals surface area contributed by atoms with E-state index in [4.69, 9.17) is 9.47 Å². The highest BCUT2D eigenvalue weighted by atomic mass is 19.1. The number of amides is 1. The van der Waals surface area contributed by atoms with E-state index in [1.165, 1.54) is 30.0 Å². The van der Waals surface area contributed by atoms with Gasteiger partial charge in [0.15, 0.2) is 5.69 Å². The third-order valence-corrected chi connectivity index (χ3v) is 3.80. The van der Waals surface area contributed by atoms with E-state index in [2.05, 4.69) is 10.4 Å². The van der Waals surface area contributed by atoms with Crippen LogP contribution in [-0.4, -0.2) is 29.4 Å². The molecule has 1 heterocycles. The molecule has 3 rings (SSSR count). The number of benzene rings is 2. The third kappa shape index (κ3) is 4.17. The van der Waals surface area contributed by atoms with Crippen LogP contribution in [0.3, 0.4) is 0 Å². The number of carbonyl (C=O) groups is 1. The molecule has 28 heavy (non-hydrogen) atoms. The van der Waals surface area contributed by atoms with Crippen molar-refractivity contribution in [2.45, 2.75) is 6.92 Å². The average Bonchev–Trinajstić information content (AvgIpc) is 2.69. The Bertz CT molecular complexity index is 1050. The summed E-state index contributed by atoms with van der Waals surface area (Å²) in [5.74, 6) is -0.438. The Balaban J connectivity index is 1.93. The zero-order chi connectivity index (χ0) is 20.1. The minimum Gasteiger partial charge on any atom is -0.494 e. The molecular formula is C20H18FN3O4. The molecule has 2 aromatic carbocycles. The second-order valence-electron chi connectivity index (χ2n) is 5.70. The van der Waals surface area contributed by atoms with E-state index in [0.717, 1.165) is 6.07 Å². The van der Waals surface area contributed by atoms with Gasteiger partial charge in [0.25, 0.3) is 5.91 Å². The fraction of sp³-hybridized carbons (Fsp3) is 0.150. The summed E-state index contributed by atoms with van der Waals surface area (Å²) < 4.78 is 25.2. The van der Waals surface area contributed by atoms with Crippen molar-refractivity contribution in [3.8, 4) is 17.3 Å². The van der Waals surface area contributed by atoms with Crippen LogP contribution in [0.15, 0.2) is 59.4 Å². The zero-order valence-electron chi connectivity index (χ0n) is 15.3. The Hall–Kier alpha value is -3.68. The molecule has 0 saturated carbocycles. The molecule has 1 amide bonds. The van der Waals surface area contributed by atoms with E-state index in [9.17, 15) is 14.0 Å². The van der Waals surface area contributed by atoms with Crippen LogP contribution in [0.25, 0.3) is 5.69 Å². The first kappa shape index (κ1) is 19.1. The normalized spacial score (nSPS) is 10.4. The van der Waals surface area contributed by atoms with E-state index in [-0.39, 0.29) is 11.6 Å². The van der Waals surface area contributed by atoms with Gasteiger partial charge in [0.2, 0.25) is 11.3 Å². The molecule has 8 heteroatoms. The van der Waals surface area contributed by atoms with Gasteiger partial charge in [-0.15, -0.1) is 0 Å². The van der Waals surface area contributed by atoms with Gasteiger partial charge in [-0.1, -0.05) is 6.07 Å². The summed E-state index contributed by atoms with van der Waals surface area (Å²) in [6, 6.07) is 13.4. The number of nitrogens with one attached hydrogen (secondary N) is 1. The van der Waals surface area contributed by atoms with Gasteiger partial charge in [0, 0.05) is 5.69 Å². The maximum absolute atomic E-state index is 13.6. The predicted molar refractivity (Wildman–Crippen MR) is 102 cm³/mol. The monoisotopic (exact) mass is 383 g/mol. The third-order valence-electron chi connectivity index (χ3n) is 3.80. The van der Waals surface area contributed by atoms with Crippen molar-refractivity contribution in [1.82, 2.24) is 9.78 Å². The number of halogens is 1. The fourth-order valence-electron chi connectivity index (χ4n) is 2.53. The minimum atomic E-state index is -0.693. The van der Waals surface area contributed by atoms with E-state index in [1.807, 2.05) is 6.92 Å². The lowest BCUT2D eigenvalue weighted by Gasteiger charge is -2.13. The Morgan fingerprint density at radius 3 is 2.57 bits per heavy atom. The molecule has 0 aliphatic carbocycles. The Labute approximate surface area is 160 Å². The molecule has 0 radical (unpaired) electrons. The molecule has 0 bridgehead atoms. The van der Waals surface area contributed by atoms with Crippen molar-refractivity contribution in [2.75, 3.05) is 19.0 Å².